The van der Waals surface area contributed by atoms with E-state index in [4.69, 9.17) is 5.73 Å². The van der Waals surface area contributed by atoms with Crippen LogP contribution in [0.3, 0.4) is 0 Å². The number of primary amides is 1. The maximum Gasteiger partial charge on any atom is 0.220 e. The molecule has 3 atom stereocenters. The zero-order chi connectivity index (χ0) is 9.14. The van der Waals surface area contributed by atoms with E-state index in [0.29, 0.717) is 11.8 Å². The molecule has 1 fully saturated rings. The van der Waals surface area contributed by atoms with Crippen LogP contribution in [0, 0.1) is 17.8 Å². The van der Waals surface area contributed by atoms with E-state index in [0.717, 1.165) is 12.8 Å². The molecule has 1 saturated carbocycles. The van der Waals surface area contributed by atoms with Gasteiger partial charge in [-0.3, -0.25) is 4.79 Å². The molecule has 70 valence electrons. The number of carbonyl (C=O) groups is 1. The summed E-state index contributed by atoms with van der Waals surface area (Å²) in [4.78, 5) is 11.1. The summed E-state index contributed by atoms with van der Waals surface area (Å²) in [5.41, 5.74) is 5.36. The van der Waals surface area contributed by atoms with Crippen LogP contribution in [0.25, 0.3) is 0 Å². The lowest BCUT2D eigenvalue weighted by Gasteiger charge is -2.32. The van der Waals surface area contributed by atoms with Gasteiger partial charge in [0.2, 0.25) is 5.91 Å². The zero-order valence-corrected chi connectivity index (χ0v) is 8.05. The Morgan fingerprint density at radius 1 is 1.50 bits per heavy atom. The van der Waals surface area contributed by atoms with Gasteiger partial charge in [-0.2, -0.15) is 0 Å². The highest BCUT2D eigenvalue weighted by Gasteiger charge is 2.30. The van der Waals surface area contributed by atoms with Crippen LogP contribution in [-0.4, -0.2) is 5.91 Å². The van der Waals surface area contributed by atoms with Gasteiger partial charge in [0.1, 0.15) is 0 Å². The van der Waals surface area contributed by atoms with E-state index in [1.807, 2.05) is 0 Å². The minimum Gasteiger partial charge on any atom is -0.369 e. The molecule has 0 aromatic carbocycles. The van der Waals surface area contributed by atoms with E-state index in [9.17, 15) is 4.79 Å². The summed E-state index contributed by atoms with van der Waals surface area (Å²) in [6.45, 7) is 4.36. The van der Waals surface area contributed by atoms with E-state index >= 15 is 0 Å². The highest BCUT2D eigenvalue weighted by Crippen LogP contribution is 2.35. The van der Waals surface area contributed by atoms with Crippen molar-refractivity contribution in [2.75, 3.05) is 0 Å². The quantitative estimate of drug-likeness (QED) is 0.674. The lowest BCUT2D eigenvalue weighted by molar-refractivity contribution is -0.125. The van der Waals surface area contributed by atoms with Crippen LogP contribution in [-0.2, 0) is 4.79 Å². The molecule has 1 aliphatic rings. The number of hydrogen-bond donors (Lipinski definition) is 1. The second-order valence-electron chi connectivity index (χ2n) is 4.10. The first-order chi connectivity index (χ1) is 5.65. The first-order valence-corrected chi connectivity index (χ1v) is 4.94. The van der Waals surface area contributed by atoms with Crippen LogP contribution in [0.4, 0.5) is 0 Å². The molecule has 12 heavy (non-hydrogen) atoms. The second-order valence-corrected chi connectivity index (χ2v) is 4.10. The molecule has 1 rings (SSSR count). The van der Waals surface area contributed by atoms with Crippen molar-refractivity contribution in [1.29, 1.82) is 0 Å². The fraction of sp³-hybridized carbons (Fsp3) is 0.900. The van der Waals surface area contributed by atoms with Crippen molar-refractivity contribution in [2.45, 2.75) is 39.5 Å². The number of hydrogen-bond acceptors (Lipinski definition) is 1. The average molecular weight is 169 g/mol. The van der Waals surface area contributed by atoms with E-state index in [1.54, 1.807) is 0 Å². The molecule has 0 radical (unpaired) electrons. The molecule has 0 bridgehead atoms. The maximum absolute atomic E-state index is 11.1. The Hall–Kier alpha value is -0.530. The molecule has 0 unspecified atom stereocenters. The predicted molar refractivity (Wildman–Crippen MR) is 49.5 cm³/mol. The SMILES string of the molecule is CC[C@@H]1CC[C@@H](C)C[C@H]1C(N)=O. The monoisotopic (exact) mass is 169 g/mol. The van der Waals surface area contributed by atoms with Gasteiger partial charge in [-0.05, 0) is 24.7 Å². The molecule has 2 heteroatoms. The number of rotatable bonds is 2. The lowest BCUT2D eigenvalue weighted by Crippen LogP contribution is -2.34. The van der Waals surface area contributed by atoms with Crippen molar-refractivity contribution >= 4 is 5.91 Å². The van der Waals surface area contributed by atoms with Crippen LogP contribution in [0.1, 0.15) is 39.5 Å². The van der Waals surface area contributed by atoms with Gasteiger partial charge in [0.25, 0.3) is 0 Å². The van der Waals surface area contributed by atoms with Gasteiger partial charge in [-0.25, -0.2) is 0 Å². The summed E-state index contributed by atoms with van der Waals surface area (Å²) in [5.74, 6) is 1.30. The molecule has 2 N–H and O–H groups in total. The Kier molecular flexibility index (Phi) is 3.12. The zero-order valence-electron chi connectivity index (χ0n) is 8.05. The Bertz CT molecular complexity index is 167. The summed E-state index contributed by atoms with van der Waals surface area (Å²) in [6, 6.07) is 0. The van der Waals surface area contributed by atoms with Gasteiger partial charge in [-0.15, -0.1) is 0 Å². The lowest BCUT2D eigenvalue weighted by atomic mass is 9.73. The van der Waals surface area contributed by atoms with Gasteiger partial charge in [0.05, 0.1) is 0 Å². The van der Waals surface area contributed by atoms with Crippen molar-refractivity contribution < 1.29 is 4.79 Å². The Morgan fingerprint density at radius 2 is 2.17 bits per heavy atom. The number of carbonyl (C=O) groups excluding carboxylic acids is 1. The van der Waals surface area contributed by atoms with E-state index in [1.165, 1.54) is 12.8 Å². The highest BCUT2D eigenvalue weighted by molar-refractivity contribution is 5.77. The first-order valence-electron chi connectivity index (χ1n) is 4.94. The molecule has 0 saturated heterocycles. The summed E-state index contributed by atoms with van der Waals surface area (Å²) in [7, 11) is 0. The van der Waals surface area contributed by atoms with Crippen molar-refractivity contribution in [3.63, 3.8) is 0 Å². The summed E-state index contributed by atoms with van der Waals surface area (Å²) < 4.78 is 0. The van der Waals surface area contributed by atoms with Crippen LogP contribution in [0.15, 0.2) is 0 Å². The standard InChI is InChI=1S/C10H19NO/c1-3-8-5-4-7(2)6-9(8)10(11)12/h7-9H,3-6H2,1-2H3,(H2,11,12)/t7-,8-,9-/m1/s1. The van der Waals surface area contributed by atoms with Crippen molar-refractivity contribution in [3.05, 3.63) is 0 Å². The second kappa shape index (κ2) is 3.92. The molecular formula is C10H19NO. The molecule has 2 nitrogen and oxygen atoms in total. The van der Waals surface area contributed by atoms with Gasteiger partial charge in [0.15, 0.2) is 0 Å². The molecule has 1 amide bonds. The van der Waals surface area contributed by atoms with Crippen LogP contribution in [0.5, 0.6) is 0 Å². The van der Waals surface area contributed by atoms with Gasteiger partial charge >= 0.3 is 0 Å². The number of amides is 1. The topological polar surface area (TPSA) is 43.1 Å². The van der Waals surface area contributed by atoms with Crippen LogP contribution >= 0.6 is 0 Å². The first kappa shape index (κ1) is 9.56. The van der Waals surface area contributed by atoms with Crippen LogP contribution < -0.4 is 5.73 Å². The van der Waals surface area contributed by atoms with E-state index in [2.05, 4.69) is 13.8 Å². The maximum atomic E-state index is 11.1. The van der Waals surface area contributed by atoms with Crippen molar-refractivity contribution in [1.82, 2.24) is 0 Å². The summed E-state index contributed by atoms with van der Waals surface area (Å²) >= 11 is 0. The fourth-order valence-corrected chi connectivity index (χ4v) is 2.28. The van der Waals surface area contributed by atoms with Gasteiger partial charge in [-0.1, -0.05) is 26.7 Å². The molecule has 0 spiro atoms. The summed E-state index contributed by atoms with van der Waals surface area (Å²) in [5, 5.41) is 0. The largest absolute Gasteiger partial charge is 0.369 e. The molecular weight excluding hydrogens is 150 g/mol. The highest BCUT2D eigenvalue weighted by atomic mass is 16.1. The normalized spacial score (nSPS) is 36.3. The summed E-state index contributed by atoms with van der Waals surface area (Å²) in [6.07, 6.45) is 4.56. The smallest absolute Gasteiger partial charge is 0.220 e. The molecule has 0 aromatic heterocycles. The minimum atomic E-state index is -0.0894. The van der Waals surface area contributed by atoms with Gasteiger partial charge < -0.3 is 5.73 Å². The molecule has 1 aliphatic carbocycles. The third kappa shape index (κ3) is 1.99. The third-order valence-corrected chi connectivity index (χ3v) is 3.15. The van der Waals surface area contributed by atoms with Crippen molar-refractivity contribution in [2.24, 2.45) is 23.5 Å². The molecule has 0 heterocycles. The minimum absolute atomic E-state index is 0.0894. The average Bonchev–Trinajstić information content (AvgIpc) is 2.04. The van der Waals surface area contributed by atoms with Gasteiger partial charge in [0, 0.05) is 5.92 Å². The predicted octanol–water partition coefficient (Wildman–Crippen LogP) is 1.93. The number of nitrogens with two attached hydrogens (primary N) is 1. The third-order valence-electron chi connectivity index (χ3n) is 3.15. The van der Waals surface area contributed by atoms with E-state index in [-0.39, 0.29) is 11.8 Å². The Balaban J connectivity index is 2.58. The Morgan fingerprint density at radius 3 is 2.67 bits per heavy atom. The Labute approximate surface area is 74.5 Å². The molecule has 0 aliphatic heterocycles. The van der Waals surface area contributed by atoms with E-state index < -0.39 is 0 Å². The fourth-order valence-electron chi connectivity index (χ4n) is 2.28. The van der Waals surface area contributed by atoms with Crippen LogP contribution in [0.2, 0.25) is 0 Å². The van der Waals surface area contributed by atoms with Crippen molar-refractivity contribution in [3.8, 4) is 0 Å². The molecule has 0 aromatic rings.